The van der Waals surface area contributed by atoms with Crippen molar-refractivity contribution < 1.29 is 4.79 Å². The molecule has 2 heterocycles. The highest BCUT2D eigenvalue weighted by molar-refractivity contribution is 6.17. The number of anilines is 10. The summed E-state index contributed by atoms with van der Waals surface area (Å²) >= 11 is 0. The van der Waals surface area contributed by atoms with Crippen LogP contribution in [0.15, 0.2) is 181 Å². The number of fused-ring (bicyclic) bond motifs is 4. The monoisotopic (exact) mass is 698 g/mol. The molecule has 3 aliphatic rings. The number of allylic oxidation sites excluding steroid dienone is 3. The number of benzene rings is 7. The minimum absolute atomic E-state index is 0.696. The number of para-hydroxylation sites is 8. The van der Waals surface area contributed by atoms with E-state index in [4.69, 9.17) is 0 Å². The molecule has 5 heteroatoms. The Morgan fingerprint density at radius 3 is 1.54 bits per heavy atom. The van der Waals surface area contributed by atoms with Crippen LogP contribution in [0.2, 0.25) is 0 Å². The zero-order valence-corrected chi connectivity index (χ0v) is 30.1. The van der Waals surface area contributed by atoms with Crippen LogP contribution in [0.5, 0.6) is 0 Å². The second kappa shape index (κ2) is 13.0. The van der Waals surface area contributed by atoms with E-state index in [0.29, 0.717) is 5.56 Å². The topological polar surface area (TPSA) is 30.0 Å². The smallest absolute Gasteiger partial charge is 0.150 e. The summed E-state index contributed by atoms with van der Waals surface area (Å²) in [6.07, 6.45) is 8.27. The summed E-state index contributed by atoms with van der Waals surface area (Å²) in [5, 5.41) is 2.04. The van der Waals surface area contributed by atoms with Crippen molar-refractivity contribution >= 4 is 73.9 Å². The minimum Gasteiger partial charge on any atom is -0.310 e. The highest BCUT2D eigenvalue weighted by Crippen LogP contribution is 2.57. The Morgan fingerprint density at radius 2 is 0.963 bits per heavy atom. The first-order valence-corrected chi connectivity index (χ1v) is 18.8. The molecule has 0 aromatic heterocycles. The van der Waals surface area contributed by atoms with Crippen LogP contribution in [0, 0.1) is 0 Å². The number of rotatable bonds is 6. The van der Waals surface area contributed by atoms with Gasteiger partial charge in [0.25, 0.3) is 0 Å². The fourth-order valence-electron chi connectivity index (χ4n) is 8.70. The lowest BCUT2D eigenvalue weighted by atomic mass is 9.92. The summed E-state index contributed by atoms with van der Waals surface area (Å²) in [6.45, 7) is 2.18. The number of hydrogen-bond donors (Lipinski definition) is 0. The zero-order chi connectivity index (χ0) is 36.2. The largest absolute Gasteiger partial charge is 0.310 e. The van der Waals surface area contributed by atoms with Gasteiger partial charge in [0.1, 0.15) is 0 Å². The number of carbonyl (C=O) groups excluding carboxylic acids is 1. The molecule has 0 unspecified atom stereocenters. The van der Waals surface area contributed by atoms with Gasteiger partial charge in [-0.1, -0.05) is 91.9 Å². The summed E-state index contributed by atoms with van der Waals surface area (Å²) < 4.78 is 0. The van der Waals surface area contributed by atoms with E-state index in [1.54, 1.807) is 0 Å². The molecule has 10 rings (SSSR count). The van der Waals surface area contributed by atoms with Gasteiger partial charge in [-0.2, -0.15) is 0 Å². The molecule has 7 aromatic rings. The molecule has 5 nitrogen and oxygen atoms in total. The fraction of sp³-hybridized carbons (Fsp3) is 0.0816. The second-order valence-corrected chi connectivity index (χ2v) is 13.9. The second-order valence-electron chi connectivity index (χ2n) is 13.9. The summed E-state index contributed by atoms with van der Waals surface area (Å²) in [4.78, 5) is 22.7. The highest BCUT2D eigenvalue weighted by Gasteiger charge is 2.36. The van der Waals surface area contributed by atoms with Crippen LogP contribution in [0.1, 0.15) is 35.7 Å². The summed E-state index contributed by atoms with van der Waals surface area (Å²) in [5.74, 6) is 0. The maximum atomic E-state index is 13.0. The van der Waals surface area contributed by atoms with Crippen molar-refractivity contribution in [3.8, 4) is 0 Å². The zero-order valence-electron chi connectivity index (χ0n) is 30.1. The lowest BCUT2D eigenvalue weighted by molar-refractivity contribution is 0.112. The van der Waals surface area contributed by atoms with Crippen molar-refractivity contribution in [1.29, 1.82) is 0 Å². The Kier molecular flexibility index (Phi) is 7.65. The molecule has 54 heavy (non-hydrogen) atoms. The third kappa shape index (κ3) is 4.82. The van der Waals surface area contributed by atoms with Gasteiger partial charge in [-0.15, -0.1) is 0 Å². The Bertz CT molecular complexity index is 2600. The number of hydrogen-bond acceptors (Lipinski definition) is 5. The van der Waals surface area contributed by atoms with Crippen molar-refractivity contribution in [2.24, 2.45) is 0 Å². The molecule has 0 N–H and O–H groups in total. The van der Waals surface area contributed by atoms with E-state index in [2.05, 4.69) is 190 Å². The van der Waals surface area contributed by atoms with E-state index < -0.39 is 0 Å². The molecule has 0 bridgehead atoms. The van der Waals surface area contributed by atoms with Gasteiger partial charge in [-0.05, 0) is 115 Å². The fourth-order valence-corrected chi connectivity index (χ4v) is 8.70. The van der Waals surface area contributed by atoms with Gasteiger partial charge in [0.05, 0.1) is 51.2 Å². The number of aldehydes is 1. The SMILES string of the molecule is CCc1ccc(N2C3=C(CCC=C3)N(c3ccccc3)c3ccccc32)c2c(N3c4ccccc4N(c4ccccc4)c4ccccc43)ccc(C=O)c12. The average molecular weight is 699 g/mol. The maximum absolute atomic E-state index is 13.0. The molecule has 7 aromatic carbocycles. The number of nitrogens with zero attached hydrogens (tertiary/aromatic N) is 4. The standard InChI is InChI=1S/C49H38N4O/c1-2-34-29-31-46(52-42-25-13-9-21-38(42)50(36-17-5-3-6-18-36)39-22-10-14-26-43(39)52)49-47(32-30-35(33-54)48(34)49)53-44-27-15-11-23-40(44)51(37-19-7-4-8-20-37)41-24-12-16-28-45(41)53/h3-9,11-21,23-33H,2,10,22H2,1H3. The summed E-state index contributed by atoms with van der Waals surface area (Å²) in [5.41, 5.74) is 15.1. The van der Waals surface area contributed by atoms with Gasteiger partial charge in [0.2, 0.25) is 0 Å². The summed E-state index contributed by atoms with van der Waals surface area (Å²) in [7, 11) is 0. The Balaban J connectivity index is 1.29. The first kappa shape index (κ1) is 31.9. The van der Waals surface area contributed by atoms with Crippen LogP contribution >= 0.6 is 0 Å². The molecule has 2 aliphatic heterocycles. The molecule has 1 aliphatic carbocycles. The van der Waals surface area contributed by atoms with E-state index in [0.717, 1.165) is 104 Å². The molecule has 260 valence electrons. The van der Waals surface area contributed by atoms with Gasteiger partial charge in [-0.3, -0.25) is 4.79 Å². The van der Waals surface area contributed by atoms with Crippen LogP contribution in [0.4, 0.5) is 56.9 Å². The van der Waals surface area contributed by atoms with Crippen LogP contribution in [0.25, 0.3) is 10.8 Å². The van der Waals surface area contributed by atoms with Gasteiger partial charge >= 0.3 is 0 Å². The van der Waals surface area contributed by atoms with Gasteiger partial charge in [-0.25, -0.2) is 0 Å². The molecule has 0 atom stereocenters. The third-order valence-electron chi connectivity index (χ3n) is 11.0. The van der Waals surface area contributed by atoms with Gasteiger partial charge in [0, 0.05) is 28.0 Å². The molecular formula is C49H38N4O. The lowest BCUT2D eigenvalue weighted by Crippen LogP contribution is -2.32. The number of carbonyl (C=O) groups is 1. The number of aryl methyl sites for hydroxylation is 1. The highest BCUT2D eigenvalue weighted by atomic mass is 16.1. The predicted molar refractivity (Wildman–Crippen MR) is 224 cm³/mol. The maximum Gasteiger partial charge on any atom is 0.150 e. The van der Waals surface area contributed by atoms with Crippen molar-refractivity contribution in [2.75, 3.05) is 19.6 Å². The van der Waals surface area contributed by atoms with Crippen molar-refractivity contribution in [3.63, 3.8) is 0 Å². The van der Waals surface area contributed by atoms with Crippen molar-refractivity contribution in [1.82, 2.24) is 0 Å². The Morgan fingerprint density at radius 1 is 0.481 bits per heavy atom. The molecule has 0 amide bonds. The van der Waals surface area contributed by atoms with Gasteiger partial charge < -0.3 is 19.6 Å². The normalized spacial score (nSPS) is 14.5. The van der Waals surface area contributed by atoms with E-state index in [-0.39, 0.29) is 0 Å². The summed E-state index contributed by atoms with van der Waals surface area (Å²) in [6, 6.07) is 55.9. The third-order valence-corrected chi connectivity index (χ3v) is 11.0. The molecule has 0 saturated heterocycles. The van der Waals surface area contributed by atoms with Crippen LogP contribution in [0.3, 0.4) is 0 Å². The Labute approximate surface area is 315 Å². The molecule has 0 radical (unpaired) electrons. The average Bonchev–Trinajstić information content (AvgIpc) is 3.24. The van der Waals surface area contributed by atoms with E-state index in [9.17, 15) is 4.79 Å². The van der Waals surface area contributed by atoms with E-state index in [1.807, 2.05) is 6.07 Å². The van der Waals surface area contributed by atoms with Crippen LogP contribution in [-0.2, 0) is 6.42 Å². The lowest BCUT2D eigenvalue weighted by Gasteiger charge is -2.44. The van der Waals surface area contributed by atoms with Crippen molar-refractivity contribution in [2.45, 2.75) is 26.2 Å². The quantitative estimate of drug-likeness (QED) is 0.161. The Hall–Kier alpha value is -6.85. The molecule has 0 spiro atoms. The van der Waals surface area contributed by atoms with E-state index in [1.165, 1.54) is 5.70 Å². The molecular weight excluding hydrogens is 661 g/mol. The van der Waals surface area contributed by atoms with Crippen LogP contribution in [-0.4, -0.2) is 6.29 Å². The van der Waals surface area contributed by atoms with Gasteiger partial charge in [0.15, 0.2) is 6.29 Å². The molecule has 0 saturated carbocycles. The first-order chi connectivity index (χ1) is 26.8. The van der Waals surface area contributed by atoms with E-state index >= 15 is 0 Å². The minimum atomic E-state index is 0.696. The predicted octanol–water partition coefficient (Wildman–Crippen LogP) is 13.3. The first-order valence-electron chi connectivity index (χ1n) is 18.8. The van der Waals surface area contributed by atoms with Crippen molar-refractivity contribution in [3.05, 3.63) is 192 Å². The molecule has 0 fully saturated rings. The van der Waals surface area contributed by atoms with Crippen LogP contribution < -0.4 is 19.6 Å².